The molecular weight excluding hydrogens is 279 g/mol. The molecule has 0 bridgehead atoms. The van der Waals surface area contributed by atoms with Gasteiger partial charge in [-0.05, 0) is 23.8 Å². The summed E-state index contributed by atoms with van der Waals surface area (Å²) in [6.45, 7) is 0.327. The fraction of sp³-hybridized carbons (Fsp3) is 0.188. The Morgan fingerprint density at radius 1 is 1.30 bits per heavy atom. The van der Waals surface area contributed by atoms with Gasteiger partial charge in [-0.3, -0.25) is 4.79 Å². The van der Waals surface area contributed by atoms with E-state index in [1.165, 1.54) is 6.07 Å². The smallest absolute Gasteiger partial charge is 0.148 e. The molecule has 0 saturated carbocycles. The molecule has 0 aliphatic carbocycles. The van der Waals surface area contributed by atoms with E-state index in [2.05, 4.69) is 0 Å². The second-order valence-corrected chi connectivity index (χ2v) is 5.22. The molecule has 3 rings (SSSR count). The van der Waals surface area contributed by atoms with E-state index in [1.807, 2.05) is 24.3 Å². The lowest BCUT2D eigenvalue weighted by molar-refractivity contribution is -0.120. The lowest BCUT2D eigenvalue weighted by atomic mass is 9.92. The van der Waals surface area contributed by atoms with Crippen molar-refractivity contribution < 1.29 is 13.9 Å². The number of para-hydroxylation sites is 1. The molecule has 2 nitrogen and oxygen atoms in total. The van der Waals surface area contributed by atoms with Crippen LogP contribution >= 0.6 is 11.6 Å². The highest BCUT2D eigenvalue weighted by molar-refractivity contribution is 6.30. The number of benzene rings is 2. The van der Waals surface area contributed by atoms with Gasteiger partial charge in [0.15, 0.2) is 0 Å². The number of carbonyl (C=O) groups excluding carboxylic acids is 1. The first-order valence-corrected chi connectivity index (χ1v) is 6.71. The average molecular weight is 291 g/mol. The highest BCUT2D eigenvalue weighted by Gasteiger charge is 2.30. The van der Waals surface area contributed by atoms with E-state index < -0.39 is 5.82 Å². The van der Waals surface area contributed by atoms with E-state index in [0.717, 1.165) is 11.3 Å². The molecule has 1 unspecified atom stereocenters. The third kappa shape index (κ3) is 2.41. The first kappa shape index (κ1) is 13.1. The number of Topliss-reactive ketones (excluding diaryl/α,β-unsaturated/α-hetero) is 1. The zero-order valence-corrected chi connectivity index (χ0v) is 11.4. The quantitative estimate of drug-likeness (QED) is 0.860. The van der Waals surface area contributed by atoms with Crippen LogP contribution in [0.4, 0.5) is 4.39 Å². The average Bonchev–Trinajstić information content (AvgIpc) is 2.86. The van der Waals surface area contributed by atoms with Crippen LogP contribution in [0.1, 0.15) is 17.0 Å². The molecule has 2 aromatic rings. The first-order chi connectivity index (χ1) is 9.65. The van der Waals surface area contributed by atoms with Crippen molar-refractivity contribution in [3.63, 3.8) is 0 Å². The van der Waals surface area contributed by atoms with Crippen molar-refractivity contribution in [1.82, 2.24) is 0 Å². The summed E-state index contributed by atoms with van der Waals surface area (Å²) in [5.74, 6) is -0.0714. The number of hydrogen-bond acceptors (Lipinski definition) is 2. The Bertz CT molecular complexity index is 669. The van der Waals surface area contributed by atoms with Gasteiger partial charge in [0.25, 0.3) is 0 Å². The third-order valence-corrected chi connectivity index (χ3v) is 3.70. The van der Waals surface area contributed by atoms with E-state index in [4.69, 9.17) is 16.3 Å². The number of ketones is 1. The van der Waals surface area contributed by atoms with Crippen LogP contribution in [0.15, 0.2) is 42.5 Å². The van der Waals surface area contributed by atoms with Gasteiger partial charge in [-0.1, -0.05) is 35.9 Å². The van der Waals surface area contributed by atoms with Crippen molar-refractivity contribution in [2.24, 2.45) is 0 Å². The molecule has 0 N–H and O–H groups in total. The number of ether oxygens (including phenoxy) is 1. The highest BCUT2D eigenvalue weighted by atomic mass is 35.5. The predicted octanol–water partition coefficient (Wildman–Crippen LogP) is 3.77. The van der Waals surface area contributed by atoms with Crippen molar-refractivity contribution >= 4 is 17.4 Å². The largest absolute Gasteiger partial charge is 0.492 e. The van der Waals surface area contributed by atoms with Gasteiger partial charge in [-0.15, -0.1) is 0 Å². The van der Waals surface area contributed by atoms with Crippen LogP contribution < -0.4 is 4.74 Å². The maximum Gasteiger partial charge on any atom is 0.148 e. The fourth-order valence-corrected chi connectivity index (χ4v) is 2.56. The molecule has 0 fully saturated rings. The molecule has 0 radical (unpaired) electrons. The maximum atomic E-state index is 13.7. The van der Waals surface area contributed by atoms with E-state index in [9.17, 15) is 9.18 Å². The van der Waals surface area contributed by atoms with Crippen LogP contribution in [-0.4, -0.2) is 12.4 Å². The minimum Gasteiger partial charge on any atom is -0.492 e. The number of rotatable bonds is 3. The summed E-state index contributed by atoms with van der Waals surface area (Å²) >= 11 is 5.70. The summed E-state index contributed by atoms with van der Waals surface area (Å²) in [5, 5.41) is 0.327. The lowest BCUT2D eigenvalue weighted by Crippen LogP contribution is -2.17. The lowest BCUT2D eigenvalue weighted by Gasteiger charge is -2.08. The Morgan fingerprint density at radius 3 is 2.90 bits per heavy atom. The number of hydrogen-bond donors (Lipinski definition) is 0. The zero-order valence-electron chi connectivity index (χ0n) is 10.6. The monoisotopic (exact) mass is 290 g/mol. The van der Waals surface area contributed by atoms with Gasteiger partial charge in [-0.2, -0.15) is 0 Å². The molecular formula is C16H12ClFO2. The van der Waals surface area contributed by atoms with Crippen LogP contribution in [0.25, 0.3) is 0 Å². The van der Waals surface area contributed by atoms with Gasteiger partial charge in [0, 0.05) is 17.0 Å². The minimum absolute atomic E-state index is 0.0452. The molecule has 2 aromatic carbocycles. The van der Waals surface area contributed by atoms with E-state index >= 15 is 0 Å². The zero-order chi connectivity index (χ0) is 14.1. The van der Waals surface area contributed by atoms with E-state index in [1.54, 1.807) is 12.1 Å². The van der Waals surface area contributed by atoms with Crippen LogP contribution in [-0.2, 0) is 11.2 Å². The van der Waals surface area contributed by atoms with Crippen molar-refractivity contribution in [3.05, 3.63) is 64.4 Å². The summed E-state index contributed by atoms with van der Waals surface area (Å²) < 4.78 is 19.2. The van der Waals surface area contributed by atoms with Crippen LogP contribution in [0.5, 0.6) is 5.75 Å². The second kappa shape index (κ2) is 5.25. The SMILES string of the molecule is O=C(Cc1ccc(Cl)cc1F)C1COc2ccccc21. The molecule has 0 saturated heterocycles. The predicted molar refractivity (Wildman–Crippen MR) is 74.8 cm³/mol. The minimum atomic E-state index is -0.446. The Balaban J connectivity index is 1.81. The van der Waals surface area contributed by atoms with Crippen molar-refractivity contribution in [2.75, 3.05) is 6.61 Å². The standard InChI is InChI=1S/C16H12ClFO2/c17-11-6-5-10(14(18)8-11)7-15(19)13-9-20-16-4-2-1-3-12(13)16/h1-6,8,13H,7,9H2. The van der Waals surface area contributed by atoms with Gasteiger partial charge in [-0.25, -0.2) is 4.39 Å². The molecule has 0 amide bonds. The van der Waals surface area contributed by atoms with Crippen LogP contribution in [0.3, 0.4) is 0 Å². The normalized spacial score (nSPS) is 16.6. The highest BCUT2D eigenvalue weighted by Crippen LogP contribution is 2.34. The Labute approximate surface area is 121 Å². The third-order valence-electron chi connectivity index (χ3n) is 3.47. The van der Waals surface area contributed by atoms with Crippen molar-refractivity contribution in [1.29, 1.82) is 0 Å². The summed E-state index contributed by atoms with van der Waals surface area (Å²) in [4.78, 5) is 12.3. The van der Waals surface area contributed by atoms with Crippen molar-refractivity contribution in [3.8, 4) is 5.75 Å². The summed E-state index contributed by atoms with van der Waals surface area (Å²) in [6, 6.07) is 11.8. The Hall–Kier alpha value is -1.87. The van der Waals surface area contributed by atoms with Gasteiger partial charge in [0.05, 0.1) is 5.92 Å². The molecule has 0 spiro atoms. The summed E-state index contributed by atoms with van der Waals surface area (Å²) in [5.41, 5.74) is 1.25. The number of fused-ring (bicyclic) bond motifs is 1. The van der Waals surface area contributed by atoms with Gasteiger partial charge >= 0.3 is 0 Å². The second-order valence-electron chi connectivity index (χ2n) is 4.78. The molecule has 1 atom stereocenters. The van der Waals surface area contributed by atoms with Crippen LogP contribution in [0, 0.1) is 5.82 Å². The topological polar surface area (TPSA) is 26.3 Å². The van der Waals surface area contributed by atoms with Gasteiger partial charge in [0.1, 0.15) is 24.0 Å². The molecule has 4 heteroatoms. The molecule has 0 aromatic heterocycles. The molecule has 1 heterocycles. The fourth-order valence-electron chi connectivity index (χ4n) is 2.41. The number of carbonyl (C=O) groups is 1. The Morgan fingerprint density at radius 2 is 2.10 bits per heavy atom. The number of halogens is 2. The maximum absolute atomic E-state index is 13.7. The van der Waals surface area contributed by atoms with Gasteiger partial charge in [0.2, 0.25) is 0 Å². The summed E-state index contributed by atoms with van der Waals surface area (Å²) in [7, 11) is 0. The first-order valence-electron chi connectivity index (χ1n) is 6.33. The van der Waals surface area contributed by atoms with Crippen LogP contribution in [0.2, 0.25) is 5.02 Å². The Kier molecular flexibility index (Phi) is 3.45. The molecule has 1 aliphatic heterocycles. The van der Waals surface area contributed by atoms with E-state index in [-0.39, 0.29) is 18.1 Å². The molecule has 102 valence electrons. The van der Waals surface area contributed by atoms with Crippen molar-refractivity contribution in [2.45, 2.75) is 12.3 Å². The summed E-state index contributed by atoms with van der Waals surface area (Å²) in [6.07, 6.45) is 0.0470. The molecule has 1 aliphatic rings. The molecule has 20 heavy (non-hydrogen) atoms. The van der Waals surface area contributed by atoms with Gasteiger partial charge < -0.3 is 4.74 Å². The van der Waals surface area contributed by atoms with E-state index in [0.29, 0.717) is 17.2 Å².